The van der Waals surface area contributed by atoms with Gasteiger partial charge in [0, 0.05) is 44.1 Å². The van der Waals surface area contributed by atoms with Crippen molar-refractivity contribution in [1.82, 2.24) is 15.5 Å². The molecule has 0 radical (unpaired) electrons. The van der Waals surface area contributed by atoms with Crippen LogP contribution in [-0.2, 0) is 0 Å². The van der Waals surface area contributed by atoms with Crippen molar-refractivity contribution in [2.75, 3.05) is 39.3 Å². The second-order valence-electron chi connectivity index (χ2n) is 4.78. The monoisotopic (exact) mass is 355 g/mol. The highest BCUT2D eigenvalue weighted by Crippen LogP contribution is 2.30. The molecule has 0 saturated carbocycles. The van der Waals surface area contributed by atoms with E-state index in [1.54, 1.807) is 6.92 Å². The zero-order valence-electron chi connectivity index (χ0n) is 12.2. The molecular formula is C13H20ClF2N3O2S. The van der Waals surface area contributed by atoms with Gasteiger partial charge in [0.25, 0.3) is 5.91 Å². The number of halogens is 3. The summed E-state index contributed by atoms with van der Waals surface area (Å²) >= 11 is 1.16. The van der Waals surface area contributed by atoms with Crippen molar-refractivity contribution in [3.8, 4) is 5.75 Å². The highest BCUT2D eigenvalue weighted by atomic mass is 35.5. The summed E-state index contributed by atoms with van der Waals surface area (Å²) in [5.74, 6) is -0.411. The molecule has 0 spiro atoms. The molecule has 1 amide bonds. The van der Waals surface area contributed by atoms with Crippen molar-refractivity contribution in [3.05, 3.63) is 15.8 Å². The largest absolute Gasteiger partial charge is 0.433 e. The standard InChI is InChI=1S/C13H19F2N3O2S.ClH/c1-9-8-10(20-13(14)15)11(21-9)12(19)17-4-7-18-5-2-16-3-6-18;/h8,13,16H,2-7H2,1H3,(H,17,19);1H. The zero-order valence-corrected chi connectivity index (χ0v) is 13.9. The molecule has 1 aromatic rings. The van der Waals surface area contributed by atoms with E-state index in [4.69, 9.17) is 0 Å². The molecule has 1 aliphatic heterocycles. The van der Waals surface area contributed by atoms with Crippen molar-refractivity contribution < 1.29 is 18.3 Å². The van der Waals surface area contributed by atoms with Crippen molar-refractivity contribution >= 4 is 29.7 Å². The van der Waals surface area contributed by atoms with Gasteiger partial charge in [-0.05, 0) is 13.0 Å². The maximum Gasteiger partial charge on any atom is 0.387 e. The number of ether oxygens (including phenoxy) is 1. The van der Waals surface area contributed by atoms with E-state index < -0.39 is 6.61 Å². The first-order chi connectivity index (χ1) is 10.1. The summed E-state index contributed by atoms with van der Waals surface area (Å²) in [4.78, 5) is 15.3. The van der Waals surface area contributed by atoms with Gasteiger partial charge in [0.2, 0.25) is 0 Å². The van der Waals surface area contributed by atoms with Crippen LogP contribution in [-0.4, -0.2) is 56.7 Å². The lowest BCUT2D eigenvalue weighted by molar-refractivity contribution is -0.0498. The lowest BCUT2D eigenvalue weighted by Crippen LogP contribution is -2.46. The van der Waals surface area contributed by atoms with E-state index in [0.717, 1.165) is 48.9 Å². The SMILES string of the molecule is Cc1cc(OC(F)F)c(C(=O)NCCN2CCNCC2)s1.Cl. The Labute approximate surface area is 138 Å². The first kappa shape index (κ1) is 19.1. The molecule has 1 saturated heterocycles. The average Bonchev–Trinajstić information content (AvgIpc) is 2.80. The first-order valence-corrected chi connectivity index (χ1v) is 7.64. The van der Waals surface area contributed by atoms with E-state index in [1.165, 1.54) is 6.07 Å². The van der Waals surface area contributed by atoms with Gasteiger partial charge in [0.1, 0.15) is 10.6 Å². The fraction of sp³-hybridized carbons (Fsp3) is 0.615. The lowest BCUT2D eigenvalue weighted by atomic mass is 10.3. The van der Waals surface area contributed by atoms with Crippen LogP contribution in [0.5, 0.6) is 5.75 Å². The molecule has 22 heavy (non-hydrogen) atoms. The Balaban J connectivity index is 0.00000242. The molecule has 1 aromatic heterocycles. The maximum absolute atomic E-state index is 12.3. The van der Waals surface area contributed by atoms with Gasteiger partial charge in [-0.25, -0.2) is 0 Å². The highest BCUT2D eigenvalue weighted by Gasteiger charge is 2.19. The predicted molar refractivity (Wildman–Crippen MR) is 84.6 cm³/mol. The van der Waals surface area contributed by atoms with E-state index in [-0.39, 0.29) is 28.9 Å². The third kappa shape index (κ3) is 5.68. The summed E-state index contributed by atoms with van der Waals surface area (Å²) in [6, 6.07) is 1.46. The lowest BCUT2D eigenvalue weighted by Gasteiger charge is -2.27. The zero-order chi connectivity index (χ0) is 15.2. The third-order valence-electron chi connectivity index (χ3n) is 3.17. The highest BCUT2D eigenvalue weighted by molar-refractivity contribution is 7.14. The Hall–Kier alpha value is -0.960. The smallest absolute Gasteiger partial charge is 0.387 e. The first-order valence-electron chi connectivity index (χ1n) is 6.83. The Bertz CT molecular complexity index is 482. The number of carbonyl (C=O) groups excluding carboxylic acids is 1. The molecule has 1 fully saturated rings. The molecule has 1 aliphatic rings. The van der Waals surface area contributed by atoms with Crippen LogP contribution in [0.4, 0.5) is 8.78 Å². The molecule has 2 heterocycles. The Morgan fingerprint density at radius 1 is 1.50 bits per heavy atom. The Morgan fingerprint density at radius 3 is 2.82 bits per heavy atom. The topological polar surface area (TPSA) is 53.6 Å². The number of carbonyl (C=O) groups is 1. The molecule has 0 atom stereocenters. The van der Waals surface area contributed by atoms with Gasteiger partial charge in [-0.2, -0.15) is 8.78 Å². The fourth-order valence-corrected chi connectivity index (χ4v) is 3.04. The summed E-state index contributed by atoms with van der Waals surface area (Å²) in [6.45, 7) is 3.87. The van der Waals surface area contributed by atoms with Gasteiger partial charge >= 0.3 is 6.61 Å². The minimum atomic E-state index is -2.92. The Kier molecular flexibility index (Phi) is 8.02. The number of nitrogens with zero attached hydrogens (tertiary/aromatic N) is 1. The number of thiophene rings is 1. The van der Waals surface area contributed by atoms with Crippen LogP contribution in [0.15, 0.2) is 6.07 Å². The summed E-state index contributed by atoms with van der Waals surface area (Å²) in [5, 5.41) is 6.01. The van der Waals surface area contributed by atoms with E-state index in [1.807, 2.05) is 0 Å². The fourth-order valence-electron chi connectivity index (χ4n) is 2.18. The van der Waals surface area contributed by atoms with Crippen molar-refractivity contribution in [3.63, 3.8) is 0 Å². The molecule has 0 aromatic carbocycles. The van der Waals surface area contributed by atoms with Gasteiger partial charge < -0.3 is 15.4 Å². The van der Waals surface area contributed by atoms with Crippen LogP contribution in [0.25, 0.3) is 0 Å². The van der Waals surface area contributed by atoms with Crippen molar-refractivity contribution in [2.45, 2.75) is 13.5 Å². The summed E-state index contributed by atoms with van der Waals surface area (Å²) in [5.41, 5.74) is 0. The Morgan fingerprint density at radius 2 is 2.18 bits per heavy atom. The predicted octanol–water partition coefficient (Wildman–Crippen LogP) is 1.71. The van der Waals surface area contributed by atoms with Crippen LogP contribution in [0.1, 0.15) is 14.5 Å². The second-order valence-corrected chi connectivity index (χ2v) is 6.03. The van der Waals surface area contributed by atoms with Gasteiger partial charge in [-0.15, -0.1) is 23.7 Å². The van der Waals surface area contributed by atoms with Crippen LogP contribution >= 0.6 is 23.7 Å². The summed E-state index contributed by atoms with van der Waals surface area (Å²) < 4.78 is 29.0. The molecule has 0 aliphatic carbocycles. The summed E-state index contributed by atoms with van der Waals surface area (Å²) in [6.07, 6.45) is 0. The number of alkyl halides is 2. The van der Waals surface area contributed by atoms with Crippen LogP contribution in [0.2, 0.25) is 0 Å². The quantitative estimate of drug-likeness (QED) is 0.815. The average molecular weight is 356 g/mol. The molecule has 0 unspecified atom stereocenters. The molecule has 9 heteroatoms. The van der Waals surface area contributed by atoms with Crippen molar-refractivity contribution in [1.29, 1.82) is 0 Å². The van der Waals surface area contributed by atoms with E-state index in [2.05, 4.69) is 20.3 Å². The second kappa shape index (κ2) is 9.24. The molecule has 2 rings (SSSR count). The molecular weight excluding hydrogens is 336 g/mol. The van der Waals surface area contributed by atoms with E-state index in [9.17, 15) is 13.6 Å². The van der Waals surface area contributed by atoms with Gasteiger partial charge in [0.15, 0.2) is 0 Å². The van der Waals surface area contributed by atoms with Crippen LogP contribution in [0, 0.1) is 6.92 Å². The number of piperazine rings is 1. The summed E-state index contributed by atoms with van der Waals surface area (Å²) in [7, 11) is 0. The number of amides is 1. The van der Waals surface area contributed by atoms with Gasteiger partial charge in [-0.3, -0.25) is 9.69 Å². The van der Waals surface area contributed by atoms with Crippen molar-refractivity contribution in [2.24, 2.45) is 0 Å². The molecule has 5 nitrogen and oxygen atoms in total. The van der Waals surface area contributed by atoms with Crippen LogP contribution < -0.4 is 15.4 Å². The third-order valence-corrected chi connectivity index (χ3v) is 4.20. The normalized spacial score (nSPS) is 15.5. The minimum absolute atomic E-state index is 0. The molecule has 0 bridgehead atoms. The van der Waals surface area contributed by atoms with Crippen LogP contribution in [0.3, 0.4) is 0 Å². The maximum atomic E-state index is 12.3. The van der Waals surface area contributed by atoms with Gasteiger partial charge in [-0.1, -0.05) is 0 Å². The molecule has 2 N–H and O–H groups in total. The van der Waals surface area contributed by atoms with E-state index >= 15 is 0 Å². The number of rotatable bonds is 6. The minimum Gasteiger partial charge on any atom is -0.433 e. The van der Waals surface area contributed by atoms with E-state index in [0.29, 0.717) is 6.54 Å². The number of nitrogens with one attached hydrogen (secondary N) is 2. The molecule has 126 valence electrons. The number of hydrogen-bond acceptors (Lipinski definition) is 5. The van der Waals surface area contributed by atoms with Gasteiger partial charge in [0.05, 0.1) is 0 Å². The number of aryl methyl sites for hydroxylation is 1. The number of hydrogen-bond donors (Lipinski definition) is 2.